The molecule has 0 aromatic carbocycles. The third-order valence-corrected chi connectivity index (χ3v) is 3.89. The first-order valence-electron chi connectivity index (χ1n) is 8.71. The summed E-state index contributed by atoms with van der Waals surface area (Å²) in [5, 5.41) is 2.98. The minimum Gasteiger partial charge on any atom is -0.468 e. The van der Waals surface area contributed by atoms with Crippen LogP contribution in [0.3, 0.4) is 0 Å². The summed E-state index contributed by atoms with van der Waals surface area (Å²) >= 11 is 0. The molecule has 0 aromatic heterocycles. The second kappa shape index (κ2) is 9.44. The van der Waals surface area contributed by atoms with E-state index in [9.17, 15) is 14.4 Å². The fraction of sp³-hybridized carbons (Fsp3) is 0.722. The molecule has 0 radical (unpaired) electrons. The van der Waals surface area contributed by atoms with Gasteiger partial charge in [-0.1, -0.05) is 6.08 Å². The van der Waals surface area contributed by atoms with E-state index >= 15 is 0 Å². The van der Waals surface area contributed by atoms with Gasteiger partial charge in [-0.3, -0.25) is 14.5 Å². The lowest BCUT2D eigenvalue weighted by Gasteiger charge is -2.28. The molecule has 2 amide bonds. The molecule has 1 saturated heterocycles. The van der Waals surface area contributed by atoms with Crippen LogP contribution in [0.2, 0.25) is 0 Å². The molecule has 2 rings (SSSR count). The molecule has 1 aliphatic carbocycles. The molecule has 25 heavy (non-hydrogen) atoms. The number of likely N-dealkylation sites (tertiary alicyclic amines) is 1. The van der Waals surface area contributed by atoms with Gasteiger partial charge in [0.25, 0.3) is 6.47 Å². The van der Waals surface area contributed by atoms with E-state index in [0.717, 1.165) is 12.8 Å². The number of rotatable bonds is 5. The lowest BCUT2D eigenvalue weighted by molar-refractivity contribution is -0.128. The third-order valence-electron chi connectivity index (χ3n) is 3.89. The van der Waals surface area contributed by atoms with E-state index in [-0.39, 0.29) is 13.4 Å². The Bertz CT molecular complexity index is 492. The van der Waals surface area contributed by atoms with Crippen molar-refractivity contribution in [3.63, 3.8) is 0 Å². The van der Waals surface area contributed by atoms with E-state index < -0.39 is 17.7 Å². The minimum atomic E-state index is -0.537. The van der Waals surface area contributed by atoms with Crippen molar-refractivity contribution in [3.8, 4) is 0 Å². The number of ether oxygens (including phenoxy) is 2. The Morgan fingerprint density at radius 1 is 1.40 bits per heavy atom. The van der Waals surface area contributed by atoms with Crippen molar-refractivity contribution in [2.24, 2.45) is 5.92 Å². The van der Waals surface area contributed by atoms with Crippen molar-refractivity contribution >= 4 is 18.5 Å². The molecule has 2 aliphatic rings. The van der Waals surface area contributed by atoms with Crippen LogP contribution in [-0.4, -0.2) is 54.2 Å². The summed E-state index contributed by atoms with van der Waals surface area (Å²) < 4.78 is 9.51. The van der Waals surface area contributed by atoms with Crippen molar-refractivity contribution < 1.29 is 25.3 Å². The van der Waals surface area contributed by atoms with Gasteiger partial charge in [0.05, 0.1) is 6.61 Å². The molecule has 0 spiro atoms. The first-order chi connectivity index (χ1) is 11.7. The molecule has 1 N–H and O–H groups in total. The van der Waals surface area contributed by atoms with Crippen LogP contribution in [0, 0.1) is 5.92 Å². The maximum atomic E-state index is 12.2. The highest BCUT2D eigenvalue weighted by atomic mass is 16.6. The summed E-state index contributed by atoms with van der Waals surface area (Å²) in [5.41, 5.74) is -0.537. The van der Waals surface area contributed by atoms with Crippen molar-refractivity contribution in [2.45, 2.75) is 64.6 Å². The number of hydrogen-bond donors (Lipinski definition) is 1. The summed E-state index contributed by atoms with van der Waals surface area (Å²) in [6, 6.07) is -0.197. The van der Waals surface area contributed by atoms with Crippen LogP contribution < -0.4 is 5.32 Å². The smallest absolute Gasteiger partial charge is 0.410 e. The first-order valence-corrected chi connectivity index (χ1v) is 8.71. The molecule has 3 atom stereocenters. The van der Waals surface area contributed by atoms with E-state index in [2.05, 4.69) is 16.6 Å². The predicted molar refractivity (Wildman–Crippen MR) is 96.0 cm³/mol. The zero-order chi connectivity index (χ0) is 19.0. The van der Waals surface area contributed by atoms with Crippen molar-refractivity contribution in [3.05, 3.63) is 12.7 Å². The zero-order valence-corrected chi connectivity index (χ0v) is 15.6. The van der Waals surface area contributed by atoms with Crippen molar-refractivity contribution in [1.29, 1.82) is 0 Å². The van der Waals surface area contributed by atoms with E-state index in [1.807, 2.05) is 26.8 Å². The maximum absolute atomic E-state index is 12.2. The average molecular weight is 356 g/mol. The second-order valence-corrected chi connectivity index (χ2v) is 7.13. The van der Waals surface area contributed by atoms with Gasteiger partial charge in [0.2, 0.25) is 5.91 Å². The Morgan fingerprint density at radius 3 is 2.52 bits per heavy atom. The van der Waals surface area contributed by atoms with Gasteiger partial charge in [-0.2, -0.15) is 0 Å². The molecule has 0 aromatic rings. The minimum absolute atomic E-state index is 0. The molecular formula is C18H32N2O5. The highest BCUT2D eigenvalue weighted by molar-refractivity contribution is 5.86. The lowest BCUT2D eigenvalue weighted by Crippen LogP contribution is -2.48. The van der Waals surface area contributed by atoms with Crippen LogP contribution in [0.1, 0.15) is 48.4 Å². The van der Waals surface area contributed by atoms with Gasteiger partial charge in [-0.25, -0.2) is 4.79 Å². The molecular weight excluding hydrogens is 324 g/mol. The summed E-state index contributed by atoms with van der Waals surface area (Å²) in [7, 11) is 0. The van der Waals surface area contributed by atoms with Crippen LogP contribution in [0.25, 0.3) is 0 Å². The Morgan fingerprint density at radius 2 is 2.08 bits per heavy atom. The Labute approximate surface area is 151 Å². The van der Waals surface area contributed by atoms with Gasteiger partial charge in [-0.15, -0.1) is 6.58 Å². The van der Waals surface area contributed by atoms with E-state index in [1.165, 1.54) is 0 Å². The van der Waals surface area contributed by atoms with Crippen molar-refractivity contribution in [1.82, 2.24) is 10.2 Å². The summed E-state index contributed by atoms with van der Waals surface area (Å²) in [6.07, 6.45) is 3.97. The van der Waals surface area contributed by atoms with Crippen LogP contribution in [-0.2, 0) is 19.1 Å². The molecule has 0 unspecified atom stereocenters. The van der Waals surface area contributed by atoms with E-state index in [0.29, 0.717) is 32.0 Å². The number of carbonyl (C=O) groups is 3. The molecule has 0 bridgehead atoms. The normalized spacial score (nSPS) is 24.5. The van der Waals surface area contributed by atoms with Crippen LogP contribution in [0.15, 0.2) is 12.7 Å². The van der Waals surface area contributed by atoms with Gasteiger partial charge in [0.1, 0.15) is 11.6 Å². The third kappa shape index (κ3) is 7.15. The van der Waals surface area contributed by atoms with E-state index in [1.54, 1.807) is 11.8 Å². The van der Waals surface area contributed by atoms with Crippen molar-refractivity contribution in [2.75, 3.05) is 13.2 Å². The highest BCUT2D eigenvalue weighted by Gasteiger charge is 2.41. The predicted octanol–water partition coefficient (Wildman–Crippen LogP) is 2.50. The topological polar surface area (TPSA) is 84.9 Å². The molecule has 144 valence electrons. The number of carbonyl (C=O) groups excluding carboxylic acids is 3. The lowest BCUT2D eigenvalue weighted by atomic mass is 10.2. The van der Waals surface area contributed by atoms with E-state index in [4.69, 9.17) is 4.74 Å². The van der Waals surface area contributed by atoms with Crippen LogP contribution >= 0.6 is 0 Å². The Kier molecular flexibility index (Phi) is 7.93. The molecule has 7 nitrogen and oxygen atoms in total. The van der Waals surface area contributed by atoms with Gasteiger partial charge in [0, 0.05) is 14.0 Å². The second-order valence-electron chi connectivity index (χ2n) is 7.13. The molecule has 2 fully saturated rings. The molecule has 1 saturated carbocycles. The highest BCUT2D eigenvalue weighted by Crippen LogP contribution is 2.31. The molecule has 1 heterocycles. The zero-order valence-electron chi connectivity index (χ0n) is 15.6. The summed E-state index contributed by atoms with van der Waals surface area (Å²) in [4.78, 5) is 35.1. The first kappa shape index (κ1) is 21.0. The largest absolute Gasteiger partial charge is 0.468 e. The van der Waals surface area contributed by atoms with Gasteiger partial charge in [0.15, 0.2) is 0 Å². The quantitative estimate of drug-likeness (QED) is 0.604. The maximum Gasteiger partial charge on any atom is 0.410 e. The molecule has 7 heteroatoms. The van der Waals surface area contributed by atoms with Gasteiger partial charge in [-0.05, 0) is 52.9 Å². The van der Waals surface area contributed by atoms with Crippen LogP contribution in [0.4, 0.5) is 4.79 Å². The van der Waals surface area contributed by atoms with Gasteiger partial charge >= 0.3 is 6.09 Å². The monoisotopic (exact) mass is 356 g/mol. The van der Waals surface area contributed by atoms with Gasteiger partial charge < -0.3 is 14.8 Å². The average Bonchev–Trinajstić information content (AvgIpc) is 3.08. The Hall–Kier alpha value is -2.05. The number of nitrogens with zero attached hydrogens (tertiary/aromatic N) is 1. The summed E-state index contributed by atoms with van der Waals surface area (Å²) in [5.74, 6) is 0.318. The fourth-order valence-corrected chi connectivity index (χ4v) is 2.57. The number of nitrogens with one attached hydrogen (secondary N) is 1. The fourth-order valence-electron chi connectivity index (χ4n) is 2.57. The number of hydrogen-bond acceptors (Lipinski definition) is 5. The number of amides is 2. The van der Waals surface area contributed by atoms with Crippen LogP contribution in [0.5, 0.6) is 0 Å². The standard InChI is InChI=1S/C15H24N2O3.C3H6O2.H2/c1-5-10-9-11(10)16-13(18)12-7-6-8-17(12)14(19)20-15(2,3)4;1-2-5-3-4;/h5,10-12H,1,6-9H2,2-4H3,(H,16,18);3H,2H2,1H3;1H/t10-,11-,12+;;/m1../s1. The summed E-state index contributed by atoms with van der Waals surface area (Å²) in [6.45, 7) is 12.5. The Balaban J connectivity index is 0.000000923. The molecule has 1 aliphatic heterocycles. The SMILES string of the molecule is C=C[C@@H]1C[C@H]1NC(=O)[C@@H]1CCCN1C(=O)OC(C)(C)C.CCOC=O.[HH].